The summed E-state index contributed by atoms with van der Waals surface area (Å²) in [6.45, 7) is 0. The van der Waals surface area contributed by atoms with Gasteiger partial charge in [0.2, 0.25) is 0 Å². The minimum atomic E-state index is -0.604. The quantitative estimate of drug-likeness (QED) is 0.160. The number of fused-ring (bicyclic) bond motifs is 4. The zero-order chi connectivity index (χ0) is 45.7. The van der Waals surface area contributed by atoms with Crippen molar-refractivity contribution in [3.8, 4) is 23.3 Å². The molecule has 0 fully saturated rings. The maximum atomic E-state index is 11.0. The Kier molecular flexibility index (Phi) is 9.68. The molecule has 68 heavy (non-hydrogen) atoms. The normalized spacial score (nSPS) is 13.7. The predicted octanol–water partition coefficient (Wildman–Crippen LogP) is 15.4. The molecule has 0 bridgehead atoms. The van der Waals surface area contributed by atoms with E-state index in [0.717, 1.165) is 56.4 Å². The van der Waals surface area contributed by atoms with Crippen LogP contribution in [0, 0.1) is 22.7 Å². The molecule has 0 N–H and O–H groups in total. The van der Waals surface area contributed by atoms with E-state index in [-0.39, 0.29) is 0 Å². The van der Waals surface area contributed by atoms with Crippen molar-refractivity contribution in [2.75, 3.05) is 9.80 Å². The van der Waals surface area contributed by atoms with Crippen LogP contribution in [-0.4, -0.2) is 0 Å². The summed E-state index contributed by atoms with van der Waals surface area (Å²) in [6, 6.07) is 94.7. The Morgan fingerprint density at radius 1 is 0.279 bits per heavy atom. The first-order chi connectivity index (χ1) is 33.7. The second kappa shape index (κ2) is 16.3. The number of benzene rings is 10. The zero-order valence-electron chi connectivity index (χ0n) is 37.0. The smallest absolute Gasteiger partial charge is 0.0998 e. The monoisotopic (exact) mass is 866 g/mol. The van der Waals surface area contributed by atoms with Crippen LogP contribution < -0.4 is 9.80 Å². The van der Waals surface area contributed by atoms with Crippen molar-refractivity contribution in [1.29, 1.82) is 10.5 Å². The lowest BCUT2D eigenvalue weighted by molar-refractivity contribution is 0.731. The highest BCUT2D eigenvalue weighted by molar-refractivity contribution is 5.93. The number of hydrogen-bond donors (Lipinski definition) is 0. The van der Waals surface area contributed by atoms with Crippen molar-refractivity contribution in [3.63, 3.8) is 0 Å². The van der Waals surface area contributed by atoms with Gasteiger partial charge >= 0.3 is 0 Å². The van der Waals surface area contributed by atoms with Crippen LogP contribution in [-0.2, 0) is 10.8 Å². The van der Waals surface area contributed by atoms with Crippen LogP contribution in [0.5, 0.6) is 0 Å². The predicted molar refractivity (Wildman–Crippen MR) is 274 cm³/mol. The molecule has 4 heteroatoms. The molecule has 0 aliphatic carbocycles. The van der Waals surface area contributed by atoms with E-state index >= 15 is 0 Å². The topological polar surface area (TPSA) is 54.1 Å². The van der Waals surface area contributed by atoms with Crippen LogP contribution in [0.3, 0.4) is 0 Å². The molecule has 0 spiro atoms. The average Bonchev–Trinajstić information content (AvgIpc) is 3.42. The Hall–Kier alpha value is -9.22. The number of nitrogens with zero attached hydrogens (tertiary/aromatic N) is 4. The molecule has 0 atom stereocenters. The molecule has 4 nitrogen and oxygen atoms in total. The van der Waals surface area contributed by atoms with Crippen LogP contribution in [0.2, 0.25) is 0 Å². The van der Waals surface area contributed by atoms with Gasteiger partial charge < -0.3 is 9.80 Å². The van der Waals surface area contributed by atoms with E-state index in [2.05, 4.69) is 252 Å². The SMILES string of the molecule is N#Cc1cc(N2c3ccccc3C(c3ccccc3)(c3ccccc3)c3ccccc32)ccc1-c1ccc(N2c3ccccc3C(c3ccccc3)(c3ccccc3)c3ccccc32)cc1C#N. The van der Waals surface area contributed by atoms with E-state index in [1.807, 2.05) is 24.3 Å². The first kappa shape index (κ1) is 40.3. The highest BCUT2D eigenvalue weighted by Crippen LogP contribution is 2.59. The number of hydrogen-bond acceptors (Lipinski definition) is 4. The lowest BCUT2D eigenvalue weighted by Gasteiger charge is -2.46. The fourth-order valence-electron chi connectivity index (χ4n) is 11.4. The number of para-hydroxylation sites is 4. The molecule has 318 valence electrons. The van der Waals surface area contributed by atoms with Gasteiger partial charge in [0.25, 0.3) is 0 Å². The highest BCUT2D eigenvalue weighted by atomic mass is 15.2. The van der Waals surface area contributed by atoms with Crippen LogP contribution in [0.25, 0.3) is 11.1 Å². The highest BCUT2D eigenvalue weighted by Gasteiger charge is 2.48. The molecule has 0 unspecified atom stereocenters. The minimum Gasteiger partial charge on any atom is -0.310 e. The van der Waals surface area contributed by atoms with Crippen molar-refractivity contribution in [2.24, 2.45) is 0 Å². The third-order valence-electron chi connectivity index (χ3n) is 14.1. The average molecular weight is 867 g/mol. The third kappa shape index (κ3) is 5.92. The fraction of sp³-hybridized carbons (Fsp3) is 0.0312. The summed E-state index contributed by atoms with van der Waals surface area (Å²) >= 11 is 0. The van der Waals surface area contributed by atoms with Crippen LogP contribution in [0.15, 0.2) is 255 Å². The third-order valence-corrected chi connectivity index (χ3v) is 14.1. The van der Waals surface area contributed by atoms with Gasteiger partial charge in [0.15, 0.2) is 0 Å². The summed E-state index contributed by atoms with van der Waals surface area (Å²) < 4.78 is 0. The first-order valence-corrected chi connectivity index (χ1v) is 23.0. The molecule has 0 saturated heterocycles. The molecule has 0 amide bonds. The Labute approximate surface area is 397 Å². The summed E-state index contributed by atoms with van der Waals surface area (Å²) in [4.78, 5) is 4.56. The van der Waals surface area contributed by atoms with Crippen molar-refractivity contribution < 1.29 is 0 Å². The minimum absolute atomic E-state index is 0.480. The Balaban J connectivity index is 0.990. The van der Waals surface area contributed by atoms with Gasteiger partial charge in [0, 0.05) is 22.5 Å². The van der Waals surface area contributed by atoms with E-state index in [1.165, 1.54) is 22.3 Å². The molecule has 0 saturated carbocycles. The maximum absolute atomic E-state index is 11.0. The summed E-state index contributed by atoms with van der Waals surface area (Å²) in [6.07, 6.45) is 0. The largest absolute Gasteiger partial charge is 0.310 e. The fourth-order valence-corrected chi connectivity index (χ4v) is 11.4. The van der Waals surface area contributed by atoms with Crippen LogP contribution in [0.1, 0.15) is 55.6 Å². The van der Waals surface area contributed by atoms with Gasteiger partial charge in [-0.25, -0.2) is 0 Å². The van der Waals surface area contributed by atoms with E-state index in [9.17, 15) is 10.5 Å². The molecule has 10 aromatic carbocycles. The van der Waals surface area contributed by atoms with E-state index in [1.54, 1.807) is 0 Å². The van der Waals surface area contributed by atoms with Crippen LogP contribution in [0.4, 0.5) is 34.1 Å². The Morgan fingerprint density at radius 3 is 0.794 bits per heavy atom. The van der Waals surface area contributed by atoms with Gasteiger partial charge in [-0.05, 0) is 93.0 Å². The van der Waals surface area contributed by atoms with Gasteiger partial charge in [-0.15, -0.1) is 0 Å². The summed E-state index contributed by atoms with van der Waals surface area (Å²) in [7, 11) is 0. The van der Waals surface area contributed by atoms with Gasteiger partial charge in [0.1, 0.15) is 0 Å². The standard InChI is InChI=1S/C64H42N4/c65-43-45-41-51(67-59-33-17-13-29-55(59)63(47-21-5-1-6-22-47,48-23-7-2-8-24-48)56-30-14-18-34-60(56)67)37-39-53(45)54-40-38-52(42-46(54)44-66)68-61-35-19-15-31-57(61)64(49-25-9-3-10-26-49,50-27-11-4-12-28-50)58-32-16-20-36-62(58)68/h1-42H. The van der Waals surface area contributed by atoms with Gasteiger partial charge in [-0.3, -0.25) is 0 Å². The van der Waals surface area contributed by atoms with E-state index < -0.39 is 10.8 Å². The molecule has 0 aromatic heterocycles. The van der Waals surface area contributed by atoms with E-state index in [4.69, 9.17) is 0 Å². The number of nitriles is 2. The molecule has 2 aliphatic heterocycles. The molecule has 0 radical (unpaired) electrons. The second-order valence-electron chi connectivity index (χ2n) is 17.4. The van der Waals surface area contributed by atoms with Crippen LogP contribution >= 0.6 is 0 Å². The van der Waals surface area contributed by atoms with Gasteiger partial charge in [-0.2, -0.15) is 10.5 Å². The van der Waals surface area contributed by atoms with Crippen molar-refractivity contribution in [3.05, 3.63) is 310 Å². The zero-order valence-corrected chi connectivity index (χ0v) is 37.0. The lowest BCUT2D eigenvalue weighted by atomic mass is 9.62. The molecule has 2 heterocycles. The summed E-state index contributed by atoms with van der Waals surface area (Å²) in [5.74, 6) is 0. The number of rotatable bonds is 7. The summed E-state index contributed by atoms with van der Waals surface area (Å²) in [5, 5.41) is 22.0. The number of anilines is 6. The summed E-state index contributed by atoms with van der Waals surface area (Å²) in [5.41, 5.74) is 16.3. The molecule has 12 rings (SSSR count). The second-order valence-corrected chi connectivity index (χ2v) is 17.4. The van der Waals surface area contributed by atoms with Crippen molar-refractivity contribution in [1.82, 2.24) is 0 Å². The molecule has 10 aromatic rings. The Morgan fingerprint density at radius 2 is 0.529 bits per heavy atom. The molecular weight excluding hydrogens is 825 g/mol. The molecular formula is C64H42N4. The van der Waals surface area contributed by atoms with Crippen molar-refractivity contribution >= 4 is 34.1 Å². The first-order valence-electron chi connectivity index (χ1n) is 23.0. The van der Waals surface area contributed by atoms with Gasteiger partial charge in [-0.1, -0.05) is 206 Å². The van der Waals surface area contributed by atoms with Crippen molar-refractivity contribution in [2.45, 2.75) is 10.8 Å². The lowest BCUT2D eigenvalue weighted by Crippen LogP contribution is -2.37. The maximum Gasteiger partial charge on any atom is 0.0998 e. The van der Waals surface area contributed by atoms with Gasteiger partial charge in [0.05, 0.1) is 56.8 Å². The molecule has 2 aliphatic rings. The Bertz CT molecular complexity index is 3190. The van der Waals surface area contributed by atoms with E-state index in [0.29, 0.717) is 22.3 Å².